The van der Waals surface area contributed by atoms with Crippen LogP contribution in [0.1, 0.15) is 18.1 Å². The summed E-state index contributed by atoms with van der Waals surface area (Å²) in [5.74, 6) is 0.551. The number of nitrogens with zero attached hydrogens (tertiary/aromatic N) is 1. The Bertz CT molecular complexity index is 1020. The summed E-state index contributed by atoms with van der Waals surface area (Å²) < 4.78 is 11.1. The predicted octanol–water partition coefficient (Wildman–Crippen LogP) is 3.85. The Morgan fingerprint density at radius 3 is 2.03 bits per heavy atom. The Kier molecular flexibility index (Phi) is 8.88. The summed E-state index contributed by atoms with van der Waals surface area (Å²) in [7, 11) is 1.55. The van der Waals surface area contributed by atoms with Gasteiger partial charge in [0, 0.05) is 19.5 Å². The van der Waals surface area contributed by atoms with Gasteiger partial charge >= 0.3 is 0 Å². The maximum Gasteiger partial charge on any atom is 0.261 e. The van der Waals surface area contributed by atoms with E-state index in [0.29, 0.717) is 31.0 Å². The molecule has 0 bridgehead atoms. The zero-order chi connectivity index (χ0) is 23.5. The highest BCUT2D eigenvalue weighted by molar-refractivity contribution is 5.88. The molecule has 0 aromatic heterocycles. The Hall–Kier alpha value is -3.80. The maximum absolute atomic E-state index is 13.4. The first-order valence-corrected chi connectivity index (χ1v) is 11.0. The fourth-order valence-electron chi connectivity index (χ4n) is 3.59. The largest absolute Gasteiger partial charge is 0.493 e. The molecule has 6 heteroatoms. The second-order valence-corrected chi connectivity index (χ2v) is 7.55. The van der Waals surface area contributed by atoms with E-state index in [9.17, 15) is 9.59 Å². The van der Waals surface area contributed by atoms with Gasteiger partial charge in [0.05, 0.1) is 7.11 Å². The van der Waals surface area contributed by atoms with E-state index in [0.717, 1.165) is 11.1 Å². The lowest BCUT2D eigenvalue weighted by atomic mass is 10.0. The molecule has 0 radical (unpaired) electrons. The lowest BCUT2D eigenvalue weighted by Crippen LogP contribution is -2.51. The molecule has 1 atom stereocenters. The predicted molar refractivity (Wildman–Crippen MR) is 128 cm³/mol. The van der Waals surface area contributed by atoms with Crippen LogP contribution in [0.3, 0.4) is 0 Å². The van der Waals surface area contributed by atoms with Crippen LogP contribution >= 0.6 is 0 Å². The van der Waals surface area contributed by atoms with E-state index < -0.39 is 6.04 Å². The molecule has 0 saturated heterocycles. The summed E-state index contributed by atoms with van der Waals surface area (Å²) in [6.45, 7) is 2.43. The number of carbonyl (C=O) groups is 2. The molecule has 0 spiro atoms. The minimum absolute atomic E-state index is 0.192. The summed E-state index contributed by atoms with van der Waals surface area (Å²) in [5, 5.41) is 2.89. The monoisotopic (exact) mass is 446 g/mol. The quantitative estimate of drug-likeness (QED) is 0.486. The van der Waals surface area contributed by atoms with Crippen LogP contribution in [-0.2, 0) is 22.6 Å². The van der Waals surface area contributed by atoms with Gasteiger partial charge in [-0.15, -0.1) is 0 Å². The van der Waals surface area contributed by atoms with Gasteiger partial charge in [0.25, 0.3) is 5.91 Å². The smallest absolute Gasteiger partial charge is 0.261 e. The summed E-state index contributed by atoms with van der Waals surface area (Å²) in [6.07, 6.45) is 0.403. The van der Waals surface area contributed by atoms with Crippen LogP contribution in [0.15, 0.2) is 84.9 Å². The van der Waals surface area contributed by atoms with E-state index in [1.807, 2.05) is 79.7 Å². The summed E-state index contributed by atoms with van der Waals surface area (Å²) in [5.41, 5.74) is 1.91. The van der Waals surface area contributed by atoms with Gasteiger partial charge in [-0.1, -0.05) is 72.8 Å². The average Bonchev–Trinajstić information content (AvgIpc) is 2.86. The van der Waals surface area contributed by atoms with E-state index >= 15 is 0 Å². The zero-order valence-corrected chi connectivity index (χ0v) is 19.1. The van der Waals surface area contributed by atoms with E-state index in [2.05, 4.69) is 5.32 Å². The molecule has 0 fully saturated rings. The molecule has 0 heterocycles. The normalized spacial score (nSPS) is 11.3. The molecule has 3 rings (SSSR count). The Morgan fingerprint density at radius 2 is 1.42 bits per heavy atom. The lowest BCUT2D eigenvalue weighted by Gasteiger charge is -2.31. The molecule has 0 saturated carbocycles. The molecule has 172 valence electrons. The van der Waals surface area contributed by atoms with Gasteiger partial charge in [0.15, 0.2) is 18.1 Å². The molecule has 0 aliphatic carbocycles. The van der Waals surface area contributed by atoms with Crippen molar-refractivity contribution in [2.45, 2.75) is 25.9 Å². The summed E-state index contributed by atoms with van der Waals surface area (Å²) >= 11 is 0. The van der Waals surface area contributed by atoms with Crippen LogP contribution in [0.4, 0.5) is 0 Å². The molecule has 0 unspecified atom stereocenters. The number of rotatable bonds is 11. The van der Waals surface area contributed by atoms with Gasteiger partial charge in [-0.25, -0.2) is 0 Å². The number of likely N-dealkylation sites (N-methyl/N-ethyl adjacent to an activating group) is 1. The molecular formula is C27H30N2O4. The molecule has 1 N–H and O–H groups in total. The molecule has 2 amide bonds. The molecule has 33 heavy (non-hydrogen) atoms. The van der Waals surface area contributed by atoms with E-state index in [-0.39, 0.29) is 18.4 Å². The van der Waals surface area contributed by atoms with Crippen LogP contribution < -0.4 is 14.8 Å². The highest BCUT2D eigenvalue weighted by Crippen LogP contribution is 2.26. The Balaban J connectivity index is 1.87. The van der Waals surface area contributed by atoms with Crippen molar-refractivity contribution in [3.05, 3.63) is 96.1 Å². The van der Waals surface area contributed by atoms with E-state index in [1.165, 1.54) is 0 Å². The Morgan fingerprint density at radius 1 is 0.848 bits per heavy atom. The van der Waals surface area contributed by atoms with E-state index in [4.69, 9.17) is 9.47 Å². The Labute approximate surface area is 195 Å². The van der Waals surface area contributed by atoms with Crippen LogP contribution in [-0.4, -0.2) is 43.0 Å². The number of methoxy groups -OCH3 is 1. The van der Waals surface area contributed by atoms with Crippen LogP contribution in [0.5, 0.6) is 11.5 Å². The second kappa shape index (κ2) is 12.3. The van der Waals surface area contributed by atoms with Crippen molar-refractivity contribution >= 4 is 11.8 Å². The minimum Gasteiger partial charge on any atom is -0.493 e. The van der Waals surface area contributed by atoms with Crippen molar-refractivity contribution in [2.24, 2.45) is 0 Å². The highest BCUT2D eigenvalue weighted by atomic mass is 16.5. The third-order valence-corrected chi connectivity index (χ3v) is 5.24. The second-order valence-electron chi connectivity index (χ2n) is 7.55. The van der Waals surface area contributed by atoms with Crippen LogP contribution in [0.2, 0.25) is 0 Å². The number of benzene rings is 3. The van der Waals surface area contributed by atoms with Crippen LogP contribution in [0, 0.1) is 0 Å². The van der Waals surface area contributed by atoms with Gasteiger partial charge in [0.1, 0.15) is 6.04 Å². The summed E-state index contributed by atoms with van der Waals surface area (Å²) in [4.78, 5) is 28.1. The number of hydrogen-bond donors (Lipinski definition) is 1. The molecule has 0 aliphatic heterocycles. The lowest BCUT2D eigenvalue weighted by molar-refractivity contribution is -0.142. The highest BCUT2D eigenvalue weighted by Gasteiger charge is 2.30. The molecule has 0 aliphatic rings. The van der Waals surface area contributed by atoms with Gasteiger partial charge in [0.2, 0.25) is 5.91 Å². The molecule has 3 aromatic rings. The summed E-state index contributed by atoms with van der Waals surface area (Å²) in [6, 6.07) is 25.8. The number of amides is 2. The van der Waals surface area contributed by atoms with Crippen LogP contribution in [0.25, 0.3) is 0 Å². The number of hydrogen-bond acceptors (Lipinski definition) is 4. The fourth-order valence-corrected chi connectivity index (χ4v) is 3.59. The van der Waals surface area contributed by atoms with Crippen molar-refractivity contribution in [1.29, 1.82) is 0 Å². The third-order valence-electron chi connectivity index (χ3n) is 5.24. The van der Waals surface area contributed by atoms with Crippen molar-refractivity contribution in [2.75, 3.05) is 20.3 Å². The first-order valence-electron chi connectivity index (χ1n) is 11.0. The van der Waals surface area contributed by atoms with Gasteiger partial charge in [-0.05, 0) is 30.2 Å². The van der Waals surface area contributed by atoms with E-state index in [1.54, 1.807) is 24.1 Å². The number of para-hydroxylation sites is 2. The van der Waals surface area contributed by atoms with Crippen molar-refractivity contribution in [3.63, 3.8) is 0 Å². The van der Waals surface area contributed by atoms with Crippen molar-refractivity contribution in [3.8, 4) is 11.5 Å². The number of ether oxygens (including phenoxy) is 2. The van der Waals surface area contributed by atoms with Gasteiger partial charge in [-0.2, -0.15) is 0 Å². The number of nitrogens with one attached hydrogen (secondary N) is 1. The third kappa shape index (κ3) is 6.84. The zero-order valence-electron chi connectivity index (χ0n) is 19.1. The molecular weight excluding hydrogens is 416 g/mol. The first-order chi connectivity index (χ1) is 16.1. The van der Waals surface area contributed by atoms with Gasteiger partial charge in [-0.3, -0.25) is 9.59 Å². The van der Waals surface area contributed by atoms with Gasteiger partial charge < -0.3 is 19.7 Å². The SMILES string of the molecule is CCNC(=O)[C@@H](Cc1ccccc1)N(Cc1ccccc1)C(=O)COc1ccccc1OC. The average molecular weight is 447 g/mol. The maximum atomic E-state index is 13.4. The standard InChI is InChI=1S/C27H30N2O4/c1-3-28-27(31)23(18-21-12-6-4-7-13-21)29(19-22-14-8-5-9-15-22)26(30)20-33-25-17-11-10-16-24(25)32-2/h4-17,23H,3,18-20H2,1-2H3,(H,28,31)/t23-/m1/s1. The van der Waals surface area contributed by atoms with Crippen molar-refractivity contribution < 1.29 is 19.1 Å². The molecule has 6 nitrogen and oxygen atoms in total. The minimum atomic E-state index is -0.679. The fraction of sp³-hybridized carbons (Fsp3) is 0.259. The van der Waals surface area contributed by atoms with Crippen molar-refractivity contribution in [1.82, 2.24) is 10.2 Å². The molecule has 3 aromatic carbocycles. The first kappa shape index (κ1) is 23.9. The topological polar surface area (TPSA) is 67.9 Å². The number of carbonyl (C=O) groups excluding carboxylic acids is 2.